The molecule has 2 aromatic carbocycles. The molecule has 0 unspecified atom stereocenters. The number of amides is 1. The van der Waals surface area contributed by atoms with Crippen molar-refractivity contribution in [1.82, 2.24) is 0 Å². The molecule has 108 valence electrons. The molecule has 2 aromatic rings. The molecule has 0 bridgehead atoms. The van der Waals surface area contributed by atoms with Crippen molar-refractivity contribution in [1.29, 1.82) is 0 Å². The van der Waals surface area contributed by atoms with Gasteiger partial charge in [0.2, 0.25) is 0 Å². The van der Waals surface area contributed by atoms with Gasteiger partial charge in [-0.05, 0) is 30.7 Å². The molecule has 0 fully saturated rings. The van der Waals surface area contributed by atoms with Crippen molar-refractivity contribution in [3.63, 3.8) is 0 Å². The molecule has 0 aliphatic carbocycles. The van der Waals surface area contributed by atoms with Crippen LogP contribution in [0.5, 0.6) is 0 Å². The fraction of sp³-hybridized carbons (Fsp3) is 0.0714. The van der Waals surface area contributed by atoms with Crippen molar-refractivity contribution >= 4 is 40.5 Å². The molecule has 0 aliphatic heterocycles. The Kier molecular flexibility index (Phi) is 4.45. The number of carbonyl (C=O) groups is 1. The van der Waals surface area contributed by atoms with Gasteiger partial charge in [-0.1, -0.05) is 29.3 Å². The summed E-state index contributed by atoms with van der Waals surface area (Å²) in [5.74, 6) is -0.458. The molecule has 0 aliphatic rings. The number of benzene rings is 2. The first-order valence-corrected chi connectivity index (χ1v) is 6.65. The van der Waals surface area contributed by atoms with Gasteiger partial charge in [0.25, 0.3) is 11.6 Å². The molecule has 5 nitrogen and oxygen atoms in total. The molecule has 0 saturated heterocycles. The highest BCUT2D eigenvalue weighted by molar-refractivity contribution is 6.37. The third-order valence-corrected chi connectivity index (χ3v) is 3.40. The molecule has 0 saturated carbocycles. The Balaban J connectivity index is 2.31. The molecule has 2 rings (SSSR count). The third-order valence-electron chi connectivity index (χ3n) is 2.86. The Hall–Kier alpha value is -2.11. The molecule has 0 atom stereocenters. The monoisotopic (exact) mass is 324 g/mol. The van der Waals surface area contributed by atoms with Gasteiger partial charge in [-0.25, -0.2) is 0 Å². The van der Waals surface area contributed by atoms with Crippen LogP contribution in [0, 0.1) is 17.0 Å². The van der Waals surface area contributed by atoms with E-state index in [2.05, 4.69) is 5.32 Å². The Labute approximate surface area is 130 Å². The molecule has 0 spiro atoms. The van der Waals surface area contributed by atoms with E-state index in [1.165, 1.54) is 24.3 Å². The second kappa shape index (κ2) is 6.11. The molecular formula is C14H10Cl2N2O3. The summed E-state index contributed by atoms with van der Waals surface area (Å²) >= 11 is 11.7. The zero-order chi connectivity index (χ0) is 15.6. The first kappa shape index (κ1) is 15.3. The second-order valence-corrected chi connectivity index (χ2v) is 5.18. The number of nitrogens with one attached hydrogen (secondary N) is 1. The van der Waals surface area contributed by atoms with Crippen LogP contribution >= 0.6 is 23.2 Å². The van der Waals surface area contributed by atoms with Crippen LogP contribution in [-0.4, -0.2) is 10.8 Å². The second-order valence-electron chi connectivity index (χ2n) is 4.33. The quantitative estimate of drug-likeness (QED) is 0.669. The molecule has 7 heteroatoms. The number of anilines is 1. The average Bonchev–Trinajstić information content (AvgIpc) is 2.40. The van der Waals surface area contributed by atoms with Crippen molar-refractivity contribution in [3.05, 3.63) is 67.7 Å². The number of halogens is 2. The summed E-state index contributed by atoms with van der Waals surface area (Å²) in [6.07, 6.45) is 0. The lowest BCUT2D eigenvalue weighted by molar-refractivity contribution is -0.384. The summed E-state index contributed by atoms with van der Waals surface area (Å²) in [5.41, 5.74) is 1.21. The molecule has 1 amide bonds. The van der Waals surface area contributed by atoms with Gasteiger partial charge in [0, 0.05) is 17.2 Å². The Morgan fingerprint density at radius 3 is 2.52 bits per heavy atom. The Bertz CT molecular complexity index is 732. The van der Waals surface area contributed by atoms with Crippen molar-refractivity contribution < 1.29 is 9.72 Å². The van der Waals surface area contributed by atoms with Gasteiger partial charge in [-0.15, -0.1) is 0 Å². The van der Waals surface area contributed by atoms with E-state index < -0.39 is 10.8 Å². The highest BCUT2D eigenvalue weighted by Gasteiger charge is 2.14. The SMILES string of the molecule is Cc1ccc([N+](=O)[O-])cc1NC(=O)c1ccc(Cl)cc1Cl. The van der Waals surface area contributed by atoms with E-state index in [4.69, 9.17) is 23.2 Å². The summed E-state index contributed by atoms with van der Waals surface area (Å²) in [7, 11) is 0. The topological polar surface area (TPSA) is 72.2 Å². The number of carbonyl (C=O) groups excluding carboxylic acids is 1. The number of rotatable bonds is 3. The maximum Gasteiger partial charge on any atom is 0.271 e. The van der Waals surface area contributed by atoms with Crippen LogP contribution in [0.25, 0.3) is 0 Å². The number of nitro groups is 1. The highest BCUT2D eigenvalue weighted by atomic mass is 35.5. The summed E-state index contributed by atoms with van der Waals surface area (Å²) in [6.45, 7) is 1.74. The van der Waals surface area contributed by atoms with Gasteiger partial charge in [-0.3, -0.25) is 14.9 Å². The average molecular weight is 325 g/mol. The summed E-state index contributed by atoms with van der Waals surface area (Å²) in [6, 6.07) is 8.74. The number of hydrogen-bond donors (Lipinski definition) is 1. The van der Waals surface area contributed by atoms with Gasteiger partial charge >= 0.3 is 0 Å². The smallest absolute Gasteiger partial charge is 0.271 e. The van der Waals surface area contributed by atoms with Crippen LogP contribution in [0.4, 0.5) is 11.4 Å². The Morgan fingerprint density at radius 2 is 1.90 bits per heavy atom. The number of hydrogen-bond acceptors (Lipinski definition) is 3. The van der Waals surface area contributed by atoms with Crippen molar-refractivity contribution in [2.45, 2.75) is 6.92 Å². The molecule has 0 aromatic heterocycles. The minimum absolute atomic E-state index is 0.0990. The van der Waals surface area contributed by atoms with E-state index in [0.717, 1.165) is 0 Å². The first-order valence-electron chi connectivity index (χ1n) is 5.90. The lowest BCUT2D eigenvalue weighted by atomic mass is 10.1. The highest BCUT2D eigenvalue weighted by Crippen LogP contribution is 2.25. The largest absolute Gasteiger partial charge is 0.321 e. The number of nitro benzene ring substituents is 1. The van der Waals surface area contributed by atoms with Gasteiger partial charge < -0.3 is 5.32 Å². The summed E-state index contributed by atoms with van der Waals surface area (Å²) < 4.78 is 0. The van der Waals surface area contributed by atoms with Gasteiger partial charge in [0.15, 0.2) is 0 Å². The predicted molar refractivity (Wildman–Crippen MR) is 82.2 cm³/mol. The standard InChI is InChI=1S/C14H10Cl2N2O3/c1-8-2-4-10(18(20)21)7-13(8)17-14(19)11-5-3-9(15)6-12(11)16/h2-7H,1H3,(H,17,19). The van der Waals surface area contributed by atoms with E-state index in [0.29, 0.717) is 16.3 Å². The minimum Gasteiger partial charge on any atom is -0.321 e. The zero-order valence-corrected chi connectivity index (χ0v) is 12.4. The number of aryl methyl sites for hydroxylation is 1. The van der Waals surface area contributed by atoms with E-state index in [-0.39, 0.29) is 16.3 Å². The van der Waals surface area contributed by atoms with Crippen LogP contribution in [0.15, 0.2) is 36.4 Å². The molecule has 1 N–H and O–H groups in total. The fourth-order valence-corrected chi connectivity index (χ4v) is 2.22. The minimum atomic E-state index is -0.523. The molecule has 21 heavy (non-hydrogen) atoms. The maximum atomic E-state index is 12.2. The molecule has 0 heterocycles. The normalized spacial score (nSPS) is 10.2. The molecular weight excluding hydrogens is 315 g/mol. The maximum absolute atomic E-state index is 12.2. The van der Waals surface area contributed by atoms with Gasteiger partial charge in [0.05, 0.1) is 21.2 Å². The lowest BCUT2D eigenvalue weighted by Gasteiger charge is -2.09. The van der Waals surface area contributed by atoms with E-state index >= 15 is 0 Å². The van der Waals surface area contributed by atoms with Crippen molar-refractivity contribution in [3.8, 4) is 0 Å². The first-order chi connectivity index (χ1) is 9.88. The number of non-ortho nitro benzene ring substituents is 1. The Morgan fingerprint density at radius 1 is 1.19 bits per heavy atom. The third kappa shape index (κ3) is 3.51. The van der Waals surface area contributed by atoms with Gasteiger partial charge in [-0.2, -0.15) is 0 Å². The number of nitrogens with zero attached hydrogens (tertiary/aromatic N) is 1. The van der Waals surface area contributed by atoms with E-state index in [9.17, 15) is 14.9 Å². The fourth-order valence-electron chi connectivity index (χ4n) is 1.72. The van der Waals surface area contributed by atoms with Crippen LogP contribution in [0.3, 0.4) is 0 Å². The zero-order valence-electron chi connectivity index (χ0n) is 10.9. The van der Waals surface area contributed by atoms with E-state index in [1.807, 2.05) is 0 Å². The van der Waals surface area contributed by atoms with Gasteiger partial charge in [0.1, 0.15) is 0 Å². The van der Waals surface area contributed by atoms with Crippen LogP contribution in [0.2, 0.25) is 10.0 Å². The van der Waals surface area contributed by atoms with Crippen LogP contribution < -0.4 is 5.32 Å². The predicted octanol–water partition coefficient (Wildman–Crippen LogP) is 4.46. The van der Waals surface area contributed by atoms with Crippen LogP contribution in [0.1, 0.15) is 15.9 Å². The van der Waals surface area contributed by atoms with Crippen LogP contribution in [-0.2, 0) is 0 Å². The summed E-state index contributed by atoms with van der Waals surface area (Å²) in [5, 5.41) is 14.0. The van der Waals surface area contributed by atoms with Crippen molar-refractivity contribution in [2.24, 2.45) is 0 Å². The van der Waals surface area contributed by atoms with Crippen molar-refractivity contribution in [2.75, 3.05) is 5.32 Å². The summed E-state index contributed by atoms with van der Waals surface area (Å²) in [4.78, 5) is 22.4. The molecule has 0 radical (unpaired) electrons. The van der Waals surface area contributed by atoms with E-state index in [1.54, 1.807) is 19.1 Å². The lowest BCUT2D eigenvalue weighted by Crippen LogP contribution is -2.13.